The lowest BCUT2D eigenvalue weighted by molar-refractivity contribution is 0.0717. The highest BCUT2D eigenvalue weighted by Gasteiger charge is 2.37. The van der Waals surface area contributed by atoms with Gasteiger partial charge in [-0.25, -0.2) is 18.4 Å². The van der Waals surface area contributed by atoms with Crippen LogP contribution in [-0.2, 0) is 38.1 Å². The number of fused-ring (bicyclic) bond motifs is 1. The van der Waals surface area contributed by atoms with Crippen LogP contribution < -0.4 is 24.7 Å². The normalized spacial score (nSPS) is 12.2. The number of hydrogen-bond acceptors (Lipinski definition) is 8. The molecule has 0 amide bonds. The summed E-state index contributed by atoms with van der Waals surface area (Å²) in [6, 6.07) is 36.5. The zero-order valence-electron chi connectivity index (χ0n) is 38.8. The van der Waals surface area contributed by atoms with Gasteiger partial charge in [-0.05, 0) is 90.8 Å². The van der Waals surface area contributed by atoms with Crippen LogP contribution >= 0.6 is 23.2 Å². The zero-order chi connectivity index (χ0) is 48.2. The lowest BCUT2D eigenvalue weighted by Gasteiger charge is -2.31. The van der Waals surface area contributed by atoms with Crippen LogP contribution in [0.1, 0.15) is 107 Å². The fraction of sp³-hybridized carbons (Fsp3) is 0.296. The number of nitrogens with two attached hydrogens (primary N) is 1. The molecule has 0 saturated carbocycles. The Morgan fingerprint density at radius 1 is 0.576 bits per heavy atom. The van der Waals surface area contributed by atoms with Gasteiger partial charge >= 0.3 is 11.9 Å². The van der Waals surface area contributed by atoms with Crippen molar-refractivity contribution >= 4 is 35.1 Å². The molecule has 0 spiro atoms. The molecule has 8 nitrogen and oxygen atoms in total. The molecule has 6 aromatic rings. The number of ether oxygens (including phenoxy) is 4. The summed E-state index contributed by atoms with van der Waals surface area (Å²) in [5.74, 6) is -1.07. The third-order valence-electron chi connectivity index (χ3n) is 10.4. The van der Waals surface area contributed by atoms with E-state index in [1.54, 1.807) is 61.5 Å². The summed E-state index contributed by atoms with van der Waals surface area (Å²) >= 11 is 12.1. The van der Waals surface area contributed by atoms with E-state index in [2.05, 4.69) is 25.7 Å². The van der Waals surface area contributed by atoms with Crippen molar-refractivity contribution in [3.63, 3.8) is 0 Å². The van der Waals surface area contributed by atoms with E-state index >= 15 is 4.39 Å². The van der Waals surface area contributed by atoms with Crippen molar-refractivity contribution in [3.05, 3.63) is 189 Å². The van der Waals surface area contributed by atoms with Crippen LogP contribution in [0, 0.1) is 25.5 Å². The standard InChI is InChI=1S/C27H28FNO3.C23H19Cl2FO3.C4H11N/c1-18-23(26(30)32-20-13-9-6-10-14-20)25(31-17-19-11-7-5-8-12-19)22-16-29(27(2,3)4)15-21(22)24(18)28;1-15-20(23(27)29-17-10-6-3-7-11-17)22(19(13-25)18(12-24)21(15)26)28-14-16-8-4-2-5-9-16;1-4(2,3)5/h5-14H,15-17H2,1-4H3;2-11H,12-14H2,1H3;5H2,1-3H3. The van der Waals surface area contributed by atoms with Crippen LogP contribution in [0.25, 0.3) is 0 Å². The fourth-order valence-electron chi connectivity index (χ4n) is 6.94. The van der Waals surface area contributed by atoms with E-state index < -0.39 is 17.8 Å². The van der Waals surface area contributed by atoms with Gasteiger partial charge in [0.05, 0.1) is 11.8 Å². The molecule has 66 heavy (non-hydrogen) atoms. The molecule has 348 valence electrons. The first kappa shape index (κ1) is 51.2. The Morgan fingerprint density at radius 3 is 1.35 bits per heavy atom. The molecule has 0 aliphatic carbocycles. The Labute approximate surface area is 397 Å². The molecule has 0 unspecified atom stereocenters. The van der Waals surface area contributed by atoms with Crippen LogP contribution in [0.2, 0.25) is 0 Å². The van der Waals surface area contributed by atoms with Gasteiger partial charge in [-0.15, -0.1) is 23.2 Å². The maximum absolute atomic E-state index is 15.5. The molecular weight excluding hydrogens is 882 g/mol. The quantitative estimate of drug-likeness (QED) is 0.0736. The van der Waals surface area contributed by atoms with Gasteiger partial charge in [0.2, 0.25) is 0 Å². The van der Waals surface area contributed by atoms with Gasteiger partial charge in [-0.2, -0.15) is 0 Å². The number of nitrogens with zero attached hydrogens (tertiary/aromatic N) is 1. The highest BCUT2D eigenvalue weighted by Crippen LogP contribution is 2.42. The maximum atomic E-state index is 15.5. The summed E-state index contributed by atoms with van der Waals surface area (Å²) in [7, 11) is 0. The van der Waals surface area contributed by atoms with Crippen molar-refractivity contribution in [3.8, 4) is 23.0 Å². The van der Waals surface area contributed by atoms with Gasteiger partial charge in [-0.1, -0.05) is 97.1 Å². The van der Waals surface area contributed by atoms with Crippen molar-refractivity contribution in [1.82, 2.24) is 4.90 Å². The predicted molar refractivity (Wildman–Crippen MR) is 259 cm³/mol. The second-order valence-corrected chi connectivity index (χ2v) is 18.3. The van der Waals surface area contributed by atoms with Crippen molar-refractivity contribution in [2.24, 2.45) is 5.73 Å². The average molecular weight is 940 g/mol. The third-order valence-corrected chi connectivity index (χ3v) is 10.9. The van der Waals surface area contributed by atoms with Crippen LogP contribution in [0.15, 0.2) is 121 Å². The molecule has 12 heteroatoms. The number of alkyl halides is 2. The van der Waals surface area contributed by atoms with Gasteiger partial charge in [-0.3, -0.25) is 4.90 Å². The second-order valence-electron chi connectivity index (χ2n) is 17.8. The van der Waals surface area contributed by atoms with Gasteiger partial charge in [0.15, 0.2) is 0 Å². The molecule has 0 aromatic heterocycles. The Hall–Kier alpha value is -5.78. The fourth-order valence-corrected chi connectivity index (χ4v) is 7.50. The second kappa shape index (κ2) is 23.1. The van der Waals surface area contributed by atoms with Crippen molar-refractivity contribution < 1.29 is 37.3 Å². The van der Waals surface area contributed by atoms with E-state index in [1.165, 1.54) is 6.92 Å². The minimum Gasteiger partial charge on any atom is -0.488 e. The first-order valence-electron chi connectivity index (χ1n) is 21.5. The molecule has 1 heterocycles. The number of esters is 2. The molecule has 6 aromatic carbocycles. The van der Waals surface area contributed by atoms with E-state index in [9.17, 15) is 14.0 Å². The van der Waals surface area contributed by atoms with Crippen LogP contribution in [-0.4, -0.2) is 27.9 Å². The number of carbonyl (C=O) groups excluding carboxylic acids is 2. The molecule has 0 saturated heterocycles. The SMILES string of the molecule is CC(C)(C)N.Cc1c(F)c(CCl)c(CCl)c(OCc2ccccc2)c1C(=O)Oc1ccccc1.Cc1c(F)c2c(c(OCc3ccccc3)c1C(=O)Oc1ccccc1)CN(C(C)(C)C)C2. The van der Waals surface area contributed by atoms with E-state index in [4.69, 9.17) is 47.9 Å². The van der Waals surface area contributed by atoms with Crippen LogP contribution in [0.3, 0.4) is 0 Å². The predicted octanol–water partition coefficient (Wildman–Crippen LogP) is 13.2. The molecular formula is C54H58Cl2F2N2O6. The number of carbonyl (C=O) groups is 2. The van der Waals surface area contributed by atoms with E-state index in [0.29, 0.717) is 41.5 Å². The van der Waals surface area contributed by atoms with Gasteiger partial charge in [0.1, 0.15) is 59.0 Å². The average Bonchev–Trinajstić information content (AvgIpc) is 3.75. The minimum absolute atomic E-state index is 0. The first-order valence-corrected chi connectivity index (χ1v) is 22.6. The summed E-state index contributed by atoms with van der Waals surface area (Å²) in [6.07, 6.45) is 0. The Balaban J connectivity index is 0.000000225. The molecule has 1 aliphatic heterocycles. The maximum Gasteiger partial charge on any atom is 0.347 e. The van der Waals surface area contributed by atoms with Gasteiger partial charge < -0.3 is 24.7 Å². The highest BCUT2D eigenvalue weighted by molar-refractivity contribution is 6.19. The summed E-state index contributed by atoms with van der Waals surface area (Å²) in [5, 5.41) is 0. The third kappa shape index (κ3) is 13.6. The summed E-state index contributed by atoms with van der Waals surface area (Å²) in [4.78, 5) is 28.3. The van der Waals surface area contributed by atoms with Crippen LogP contribution in [0.5, 0.6) is 23.0 Å². The van der Waals surface area contributed by atoms with Crippen LogP contribution in [0.4, 0.5) is 8.78 Å². The van der Waals surface area contributed by atoms with Gasteiger partial charge in [0, 0.05) is 57.5 Å². The topological polar surface area (TPSA) is 100 Å². The highest BCUT2D eigenvalue weighted by atomic mass is 35.5. The molecule has 0 fully saturated rings. The molecule has 2 N–H and O–H groups in total. The van der Waals surface area contributed by atoms with E-state index in [1.807, 2.05) is 87.5 Å². The molecule has 1 aliphatic rings. The molecule has 0 radical (unpaired) electrons. The van der Waals surface area contributed by atoms with E-state index in [0.717, 1.165) is 16.7 Å². The zero-order valence-corrected chi connectivity index (χ0v) is 40.3. The monoisotopic (exact) mass is 938 g/mol. The lowest BCUT2D eigenvalue weighted by Crippen LogP contribution is -2.36. The number of benzene rings is 6. The van der Waals surface area contributed by atoms with E-state index in [-0.39, 0.29) is 75.4 Å². The smallest absolute Gasteiger partial charge is 0.347 e. The number of para-hydroxylation sites is 2. The van der Waals surface area contributed by atoms with Crippen molar-refractivity contribution in [1.29, 1.82) is 0 Å². The molecule has 7 rings (SSSR count). The number of halogens is 4. The van der Waals surface area contributed by atoms with Crippen molar-refractivity contribution in [2.75, 3.05) is 0 Å². The Morgan fingerprint density at radius 2 is 0.939 bits per heavy atom. The first-order chi connectivity index (χ1) is 31.3. The Kier molecular flexibility index (Phi) is 17.9. The Bertz CT molecular complexity index is 2560. The lowest BCUT2D eigenvalue weighted by atomic mass is 9.97. The molecule has 0 atom stereocenters. The number of rotatable bonds is 12. The summed E-state index contributed by atoms with van der Waals surface area (Å²) in [5.41, 5.74) is 9.47. The minimum atomic E-state index is -0.719. The largest absolute Gasteiger partial charge is 0.488 e. The summed E-state index contributed by atoms with van der Waals surface area (Å²) < 4.78 is 53.6. The van der Waals surface area contributed by atoms with Crippen molar-refractivity contribution in [2.45, 2.75) is 105 Å². The molecule has 0 bridgehead atoms. The number of hydrogen-bond donors (Lipinski definition) is 1. The summed E-state index contributed by atoms with van der Waals surface area (Å²) in [6.45, 7) is 16.7. The van der Waals surface area contributed by atoms with Gasteiger partial charge in [0.25, 0.3) is 0 Å².